The number of rotatable bonds is 3. The Morgan fingerprint density at radius 2 is 2.03 bits per heavy atom. The highest BCUT2D eigenvalue weighted by atomic mass is 16.5. The van der Waals surface area contributed by atoms with Gasteiger partial charge in [-0.3, -0.25) is 4.90 Å². The quantitative estimate of drug-likeness (QED) is 0.792. The third kappa shape index (κ3) is 3.65. The van der Waals surface area contributed by atoms with Crippen LogP contribution in [0.25, 0.3) is 0 Å². The van der Waals surface area contributed by atoms with E-state index in [0.717, 1.165) is 30.3 Å². The summed E-state index contributed by atoms with van der Waals surface area (Å²) >= 11 is 0. The number of amides is 2. The van der Waals surface area contributed by atoms with Crippen molar-refractivity contribution in [1.29, 1.82) is 0 Å². The number of methoxy groups -OCH3 is 1. The minimum Gasteiger partial charge on any atom is -0.497 e. The second-order valence-corrected chi connectivity index (χ2v) is 9.21. The van der Waals surface area contributed by atoms with E-state index in [1.165, 1.54) is 45.2 Å². The molecule has 3 fully saturated rings. The molecule has 1 aromatic rings. The fourth-order valence-corrected chi connectivity index (χ4v) is 6.22. The van der Waals surface area contributed by atoms with E-state index in [4.69, 9.17) is 4.74 Å². The van der Waals surface area contributed by atoms with Gasteiger partial charge in [-0.05, 0) is 68.2 Å². The van der Waals surface area contributed by atoms with Gasteiger partial charge in [-0.15, -0.1) is 0 Å². The third-order valence-corrected chi connectivity index (χ3v) is 7.52. The van der Waals surface area contributed by atoms with Gasteiger partial charge in [0, 0.05) is 25.7 Å². The molecule has 29 heavy (non-hydrogen) atoms. The monoisotopic (exact) mass is 395 g/mol. The molecule has 156 valence electrons. The minimum absolute atomic E-state index is 0.0932. The van der Waals surface area contributed by atoms with Crippen molar-refractivity contribution < 1.29 is 9.53 Å². The normalized spacial score (nSPS) is 31.3. The molecule has 2 bridgehead atoms. The summed E-state index contributed by atoms with van der Waals surface area (Å²) < 4.78 is 5.22. The molecule has 4 aliphatic rings. The predicted octanol–water partition coefficient (Wildman–Crippen LogP) is 3.80. The number of benzene rings is 1. The Kier molecular flexibility index (Phi) is 5.25. The van der Waals surface area contributed by atoms with Gasteiger partial charge in [0.05, 0.1) is 13.2 Å². The molecule has 2 unspecified atom stereocenters. The van der Waals surface area contributed by atoms with E-state index in [2.05, 4.69) is 21.2 Å². The van der Waals surface area contributed by atoms with Crippen molar-refractivity contribution in [2.75, 3.05) is 26.7 Å². The summed E-state index contributed by atoms with van der Waals surface area (Å²) in [6, 6.07) is 9.08. The van der Waals surface area contributed by atoms with Gasteiger partial charge in [0.1, 0.15) is 5.75 Å². The number of carbonyl (C=O) groups is 1. The molecule has 1 aromatic carbocycles. The van der Waals surface area contributed by atoms with E-state index in [0.29, 0.717) is 24.4 Å². The second-order valence-electron chi connectivity index (χ2n) is 9.21. The van der Waals surface area contributed by atoms with Crippen molar-refractivity contribution in [2.45, 2.75) is 57.2 Å². The largest absolute Gasteiger partial charge is 0.497 e. The Labute approximate surface area is 174 Å². The second kappa shape index (κ2) is 8.02. The highest BCUT2D eigenvalue weighted by Gasteiger charge is 2.46. The van der Waals surface area contributed by atoms with Crippen LogP contribution in [0, 0.1) is 11.8 Å². The fraction of sp³-hybridized carbons (Fsp3) is 0.625. The molecule has 0 radical (unpaired) electrons. The highest BCUT2D eigenvalue weighted by molar-refractivity contribution is 5.75. The van der Waals surface area contributed by atoms with Crippen molar-refractivity contribution in [3.8, 4) is 5.75 Å². The first-order valence-corrected chi connectivity index (χ1v) is 11.3. The van der Waals surface area contributed by atoms with Gasteiger partial charge in [0.2, 0.25) is 0 Å². The van der Waals surface area contributed by atoms with Crippen LogP contribution in [0.4, 0.5) is 4.79 Å². The predicted molar refractivity (Wildman–Crippen MR) is 114 cm³/mol. The SMILES string of the molecule is COc1ccc(CNC(=O)N2CCCC3=C[C@H]4C[C@@H](CN5CCCCC45)C32)cc1. The van der Waals surface area contributed by atoms with Crippen LogP contribution in [0.2, 0.25) is 0 Å². The minimum atomic E-state index is 0.0932. The van der Waals surface area contributed by atoms with E-state index in [1.807, 2.05) is 24.3 Å². The maximum atomic E-state index is 13.1. The number of hydrogen-bond acceptors (Lipinski definition) is 3. The van der Waals surface area contributed by atoms with Crippen LogP contribution in [-0.4, -0.2) is 54.7 Å². The Bertz CT molecular complexity index is 775. The van der Waals surface area contributed by atoms with Gasteiger partial charge >= 0.3 is 6.03 Å². The lowest BCUT2D eigenvalue weighted by atomic mass is 9.68. The van der Waals surface area contributed by atoms with Crippen LogP contribution in [0.15, 0.2) is 35.9 Å². The van der Waals surface area contributed by atoms with Gasteiger partial charge < -0.3 is 15.0 Å². The maximum absolute atomic E-state index is 13.1. The number of hydrogen-bond donors (Lipinski definition) is 1. The highest BCUT2D eigenvalue weighted by Crippen LogP contribution is 2.44. The van der Waals surface area contributed by atoms with E-state index < -0.39 is 0 Å². The molecule has 4 atom stereocenters. The molecule has 5 nitrogen and oxygen atoms in total. The molecule has 1 N–H and O–H groups in total. The van der Waals surface area contributed by atoms with Crippen LogP contribution in [-0.2, 0) is 6.54 Å². The average Bonchev–Trinajstić information content (AvgIpc) is 2.77. The van der Waals surface area contributed by atoms with Crippen LogP contribution >= 0.6 is 0 Å². The lowest BCUT2D eigenvalue weighted by Crippen LogP contribution is -2.61. The zero-order chi connectivity index (χ0) is 19.8. The van der Waals surface area contributed by atoms with Gasteiger partial charge in [-0.2, -0.15) is 0 Å². The van der Waals surface area contributed by atoms with Gasteiger partial charge in [0.15, 0.2) is 0 Å². The molecule has 0 aromatic heterocycles. The number of piperidine rings is 3. The van der Waals surface area contributed by atoms with Crippen molar-refractivity contribution in [3.05, 3.63) is 41.5 Å². The van der Waals surface area contributed by atoms with Gasteiger partial charge in [-0.1, -0.05) is 30.2 Å². The molecule has 0 saturated carbocycles. The summed E-state index contributed by atoms with van der Waals surface area (Å²) in [5, 5.41) is 3.17. The topological polar surface area (TPSA) is 44.8 Å². The Balaban J connectivity index is 1.29. The number of likely N-dealkylation sites (tertiary alicyclic amines) is 1. The average molecular weight is 396 g/mol. The lowest BCUT2D eigenvalue weighted by Gasteiger charge is -2.54. The molecular weight excluding hydrogens is 362 g/mol. The molecule has 1 aliphatic carbocycles. The summed E-state index contributed by atoms with van der Waals surface area (Å²) in [6.45, 7) is 3.86. The van der Waals surface area contributed by atoms with Crippen LogP contribution in [0.3, 0.4) is 0 Å². The molecule has 3 heterocycles. The van der Waals surface area contributed by atoms with Crippen molar-refractivity contribution in [1.82, 2.24) is 15.1 Å². The van der Waals surface area contributed by atoms with E-state index in [-0.39, 0.29) is 6.03 Å². The van der Waals surface area contributed by atoms with E-state index >= 15 is 0 Å². The first-order valence-electron chi connectivity index (χ1n) is 11.3. The molecule has 5 heteroatoms. The summed E-state index contributed by atoms with van der Waals surface area (Å²) in [5.41, 5.74) is 2.65. The van der Waals surface area contributed by atoms with Crippen molar-refractivity contribution in [2.24, 2.45) is 11.8 Å². The van der Waals surface area contributed by atoms with Crippen LogP contribution in [0.1, 0.15) is 44.1 Å². The number of fused-ring (bicyclic) bond motifs is 6. The Morgan fingerprint density at radius 1 is 1.17 bits per heavy atom. The maximum Gasteiger partial charge on any atom is 0.318 e. The number of nitrogens with zero attached hydrogens (tertiary/aromatic N) is 2. The van der Waals surface area contributed by atoms with Crippen LogP contribution < -0.4 is 10.1 Å². The molecule has 0 spiro atoms. The zero-order valence-electron chi connectivity index (χ0n) is 17.5. The molecule has 5 rings (SSSR count). The molecule has 3 aliphatic heterocycles. The van der Waals surface area contributed by atoms with Gasteiger partial charge in [0.25, 0.3) is 0 Å². The smallest absolute Gasteiger partial charge is 0.318 e. The summed E-state index contributed by atoms with van der Waals surface area (Å²) in [5.74, 6) is 2.15. The van der Waals surface area contributed by atoms with Crippen molar-refractivity contribution >= 4 is 6.03 Å². The summed E-state index contributed by atoms with van der Waals surface area (Å²) in [4.78, 5) is 18.0. The first-order chi connectivity index (χ1) is 14.2. The number of ether oxygens (including phenoxy) is 1. The number of nitrogens with one attached hydrogen (secondary N) is 1. The fourth-order valence-electron chi connectivity index (χ4n) is 6.22. The Hall–Kier alpha value is -2.01. The number of urea groups is 1. The van der Waals surface area contributed by atoms with E-state index in [1.54, 1.807) is 12.7 Å². The van der Waals surface area contributed by atoms with E-state index in [9.17, 15) is 4.79 Å². The van der Waals surface area contributed by atoms with Crippen LogP contribution in [0.5, 0.6) is 5.75 Å². The number of carbonyl (C=O) groups excluding carboxylic acids is 1. The molecular formula is C24H33N3O2. The standard InChI is InChI=1S/C24H33N3O2/c1-29-21-9-7-17(8-10-21)15-25-24(28)27-12-4-5-18-13-19-14-20(23(18)27)16-26-11-3-2-6-22(19)26/h7-10,13,19-20,22-23H,2-6,11-12,14-16H2,1H3,(H,25,28)/t19-,20-,22?,23?/m0/s1. The molecule has 3 saturated heterocycles. The summed E-state index contributed by atoms with van der Waals surface area (Å²) in [7, 11) is 1.67. The lowest BCUT2D eigenvalue weighted by molar-refractivity contribution is 0.00788. The van der Waals surface area contributed by atoms with Crippen molar-refractivity contribution in [3.63, 3.8) is 0 Å². The Morgan fingerprint density at radius 3 is 2.86 bits per heavy atom. The van der Waals surface area contributed by atoms with Gasteiger partial charge in [-0.25, -0.2) is 4.79 Å². The zero-order valence-corrected chi connectivity index (χ0v) is 17.5. The summed E-state index contributed by atoms with van der Waals surface area (Å²) in [6.07, 6.45) is 10.2. The molecule has 2 amide bonds. The first kappa shape index (κ1) is 19.0. The third-order valence-electron chi connectivity index (χ3n) is 7.52.